The minimum Gasteiger partial charge on any atom is -0.293 e. The maximum absolute atomic E-state index is 4.19. The van der Waals surface area contributed by atoms with Crippen LogP contribution in [0.3, 0.4) is 0 Å². The summed E-state index contributed by atoms with van der Waals surface area (Å²) in [7, 11) is 0. The largest absolute Gasteiger partial charge is 0.293 e. The first-order valence-corrected chi connectivity index (χ1v) is 4.45. The van der Waals surface area contributed by atoms with Crippen molar-refractivity contribution in [2.24, 2.45) is 10.9 Å². The quantitative estimate of drug-likeness (QED) is 0.392. The summed E-state index contributed by atoms with van der Waals surface area (Å²) in [6.07, 6.45) is 10.7. The molecule has 1 atom stereocenters. The number of aliphatic imine (C=N–C) groups is 1. The van der Waals surface area contributed by atoms with Gasteiger partial charge in [-0.15, -0.1) is 0 Å². The van der Waals surface area contributed by atoms with Crippen LogP contribution >= 0.6 is 0 Å². The first-order chi connectivity index (χ1) is 6.39. The zero-order valence-electron chi connectivity index (χ0n) is 7.83. The van der Waals surface area contributed by atoms with Gasteiger partial charge in [0, 0.05) is 18.6 Å². The van der Waals surface area contributed by atoms with Crippen LogP contribution in [0.5, 0.6) is 0 Å². The van der Waals surface area contributed by atoms with Crippen LogP contribution < -0.4 is 0 Å². The van der Waals surface area contributed by atoms with Gasteiger partial charge < -0.3 is 0 Å². The van der Waals surface area contributed by atoms with Gasteiger partial charge in [0.1, 0.15) is 0 Å². The van der Waals surface area contributed by atoms with Crippen molar-refractivity contribution < 1.29 is 0 Å². The molecule has 1 aliphatic rings. The summed E-state index contributed by atoms with van der Waals surface area (Å²) in [5.41, 5.74) is 8.66. The van der Waals surface area contributed by atoms with E-state index in [1.54, 1.807) is 0 Å². The van der Waals surface area contributed by atoms with Gasteiger partial charge in [-0.25, -0.2) is 0 Å². The van der Waals surface area contributed by atoms with Crippen molar-refractivity contribution in [1.29, 1.82) is 0 Å². The molecule has 13 heavy (non-hydrogen) atoms. The van der Waals surface area contributed by atoms with Gasteiger partial charge in [-0.2, -0.15) is 0 Å². The lowest BCUT2D eigenvalue weighted by atomic mass is 10.1. The Morgan fingerprint density at radius 1 is 1.38 bits per heavy atom. The predicted molar refractivity (Wildman–Crippen MR) is 56.0 cm³/mol. The minimum atomic E-state index is 0.393. The Hall–Kier alpha value is -1.51. The maximum atomic E-state index is 4.19. The summed E-state index contributed by atoms with van der Waals surface area (Å²) in [6.45, 7) is 2.86. The average Bonchev–Trinajstić information content (AvgIpc) is 2.11. The van der Waals surface area contributed by atoms with Crippen LogP contribution in [-0.2, 0) is 0 Å². The third-order valence-electron chi connectivity index (χ3n) is 1.60. The highest BCUT2D eigenvalue weighted by atomic mass is 14.7. The van der Waals surface area contributed by atoms with Crippen LogP contribution in [0.4, 0.5) is 0 Å². The highest BCUT2D eigenvalue weighted by Gasteiger charge is 1.86. The fourth-order valence-corrected chi connectivity index (χ4v) is 0.918. The summed E-state index contributed by atoms with van der Waals surface area (Å²) in [5.74, 6) is 0.393. The Bertz CT molecular complexity index is 328. The fourth-order valence-electron chi connectivity index (χ4n) is 0.918. The molecule has 0 aliphatic carbocycles. The van der Waals surface area contributed by atoms with Crippen molar-refractivity contribution in [2.75, 3.05) is 6.54 Å². The second-order valence-electron chi connectivity index (χ2n) is 2.86. The van der Waals surface area contributed by atoms with Gasteiger partial charge in [0.25, 0.3) is 0 Å². The Labute approximate surface area is 79.2 Å². The number of hydrogen-bond acceptors (Lipinski definition) is 1. The summed E-state index contributed by atoms with van der Waals surface area (Å²) in [5, 5.41) is 0. The molecule has 1 heterocycles. The first kappa shape index (κ1) is 9.58. The molecule has 0 radical (unpaired) electrons. The molecule has 1 heteroatoms. The molecule has 0 amide bonds. The molecule has 66 valence electrons. The average molecular weight is 171 g/mol. The van der Waals surface area contributed by atoms with E-state index >= 15 is 0 Å². The minimum absolute atomic E-state index is 0.393. The van der Waals surface area contributed by atoms with Crippen LogP contribution in [-0.4, -0.2) is 12.8 Å². The highest BCUT2D eigenvalue weighted by molar-refractivity contribution is 5.59. The second-order valence-corrected chi connectivity index (χ2v) is 2.86. The SMILES string of the molecule is CC1C=C=C=C=CCC=NC/C=C\1. The van der Waals surface area contributed by atoms with Gasteiger partial charge >= 0.3 is 0 Å². The zero-order chi connectivity index (χ0) is 9.36. The molecule has 0 aromatic rings. The number of allylic oxidation sites excluding steroid dienone is 3. The standard InChI is InChI=1S/C12H13N/c1-12-8-5-3-2-4-6-10-13-11-7-9-12/h4,7-10,12H,6,11H2,1H3/b9-7-,13-10?. The van der Waals surface area contributed by atoms with Gasteiger partial charge in [-0.05, 0) is 17.9 Å². The van der Waals surface area contributed by atoms with Crippen molar-refractivity contribution in [3.05, 3.63) is 41.5 Å². The van der Waals surface area contributed by atoms with Crippen molar-refractivity contribution in [1.82, 2.24) is 0 Å². The molecule has 0 N–H and O–H groups in total. The summed E-state index contributed by atoms with van der Waals surface area (Å²) in [4.78, 5) is 4.19. The molecule has 0 saturated heterocycles. The normalized spacial score (nSPS) is 23.9. The topological polar surface area (TPSA) is 12.4 Å². The van der Waals surface area contributed by atoms with E-state index in [2.05, 4.69) is 41.3 Å². The van der Waals surface area contributed by atoms with Crippen molar-refractivity contribution >= 4 is 6.21 Å². The Balaban J connectivity index is 2.83. The smallest absolute Gasteiger partial charge is 0.0566 e. The summed E-state index contributed by atoms with van der Waals surface area (Å²) in [6, 6.07) is 0. The maximum Gasteiger partial charge on any atom is 0.0566 e. The van der Waals surface area contributed by atoms with Crippen LogP contribution in [0, 0.1) is 5.92 Å². The van der Waals surface area contributed by atoms with E-state index in [4.69, 9.17) is 0 Å². The molecule has 1 unspecified atom stereocenters. The molecular formula is C12H13N. The van der Waals surface area contributed by atoms with E-state index in [1.165, 1.54) is 0 Å². The number of rotatable bonds is 0. The molecule has 0 saturated carbocycles. The lowest BCUT2D eigenvalue weighted by Gasteiger charge is -1.92. The van der Waals surface area contributed by atoms with E-state index in [9.17, 15) is 0 Å². The molecule has 0 spiro atoms. The lowest BCUT2D eigenvalue weighted by molar-refractivity contribution is 0.935. The first-order valence-electron chi connectivity index (χ1n) is 4.45. The van der Waals surface area contributed by atoms with Crippen molar-refractivity contribution in [2.45, 2.75) is 13.3 Å². The van der Waals surface area contributed by atoms with E-state index < -0.39 is 0 Å². The predicted octanol–water partition coefficient (Wildman–Crippen LogP) is 2.67. The van der Waals surface area contributed by atoms with E-state index in [0.717, 1.165) is 13.0 Å². The van der Waals surface area contributed by atoms with Crippen LogP contribution in [0.1, 0.15) is 13.3 Å². The van der Waals surface area contributed by atoms with Gasteiger partial charge in [-0.3, -0.25) is 4.99 Å². The van der Waals surface area contributed by atoms with Gasteiger partial charge in [-0.1, -0.05) is 30.5 Å². The third-order valence-corrected chi connectivity index (χ3v) is 1.60. The second kappa shape index (κ2) is 6.06. The van der Waals surface area contributed by atoms with Crippen LogP contribution in [0.25, 0.3) is 0 Å². The van der Waals surface area contributed by atoms with Crippen LogP contribution in [0.2, 0.25) is 0 Å². The Kier molecular flexibility index (Phi) is 4.46. The molecule has 0 aromatic carbocycles. The molecule has 1 nitrogen and oxygen atoms in total. The van der Waals surface area contributed by atoms with Crippen LogP contribution in [0.15, 0.2) is 46.5 Å². The Morgan fingerprint density at radius 3 is 3.23 bits per heavy atom. The molecular weight excluding hydrogens is 158 g/mol. The lowest BCUT2D eigenvalue weighted by Crippen LogP contribution is -1.82. The molecule has 0 fully saturated rings. The monoisotopic (exact) mass is 171 g/mol. The summed E-state index contributed by atoms with van der Waals surface area (Å²) >= 11 is 0. The van der Waals surface area contributed by atoms with Crippen molar-refractivity contribution in [3.8, 4) is 0 Å². The molecule has 0 aromatic heterocycles. The third kappa shape index (κ3) is 4.85. The Morgan fingerprint density at radius 2 is 2.31 bits per heavy atom. The van der Waals surface area contributed by atoms with E-state index in [0.29, 0.717) is 5.92 Å². The number of nitrogens with zero attached hydrogens (tertiary/aromatic N) is 1. The van der Waals surface area contributed by atoms with E-state index in [1.807, 2.05) is 18.4 Å². The summed E-state index contributed by atoms with van der Waals surface area (Å²) < 4.78 is 0. The van der Waals surface area contributed by atoms with Gasteiger partial charge in [0.05, 0.1) is 6.54 Å². The number of hydrogen-bond donors (Lipinski definition) is 0. The zero-order valence-corrected chi connectivity index (χ0v) is 7.83. The van der Waals surface area contributed by atoms with Gasteiger partial charge in [0.15, 0.2) is 0 Å². The highest BCUT2D eigenvalue weighted by Crippen LogP contribution is 1.97. The van der Waals surface area contributed by atoms with Crippen molar-refractivity contribution in [3.63, 3.8) is 0 Å². The molecule has 0 bridgehead atoms. The molecule has 1 aliphatic heterocycles. The van der Waals surface area contributed by atoms with E-state index in [-0.39, 0.29) is 0 Å². The van der Waals surface area contributed by atoms with Gasteiger partial charge in [0.2, 0.25) is 0 Å². The fraction of sp³-hybridized carbons (Fsp3) is 0.333. The molecule has 1 rings (SSSR count).